The van der Waals surface area contributed by atoms with Crippen LogP contribution in [0.5, 0.6) is 0 Å². The van der Waals surface area contributed by atoms with Gasteiger partial charge in [-0.05, 0) is 36.4 Å². The van der Waals surface area contributed by atoms with Crippen molar-refractivity contribution < 1.29 is 0 Å². The molecule has 2 rings (SSSR count). The molecule has 1 N–H and O–H groups in total. The van der Waals surface area contributed by atoms with E-state index >= 15 is 0 Å². The lowest BCUT2D eigenvalue weighted by Crippen LogP contribution is -2.19. The summed E-state index contributed by atoms with van der Waals surface area (Å²) in [6.07, 6.45) is 0. The third-order valence-electron chi connectivity index (χ3n) is 3.05. The average molecular weight is 334 g/mol. The highest BCUT2D eigenvalue weighted by Crippen LogP contribution is 2.16. The molecule has 0 aliphatic heterocycles. The van der Waals surface area contributed by atoms with Crippen LogP contribution in [-0.2, 0) is 13.1 Å². The number of anilines is 1. The Bertz CT molecular complexity index is 557. The van der Waals surface area contributed by atoms with Crippen LogP contribution in [0.2, 0.25) is 0 Å². The molecule has 0 radical (unpaired) electrons. The zero-order valence-corrected chi connectivity index (χ0v) is 13.5. The average Bonchev–Trinajstić information content (AvgIpc) is 2.45. The van der Waals surface area contributed by atoms with E-state index in [1.807, 2.05) is 12.1 Å². The topological polar surface area (TPSA) is 28.2 Å². The summed E-state index contributed by atoms with van der Waals surface area (Å²) in [7, 11) is 2.07. The summed E-state index contributed by atoms with van der Waals surface area (Å²) < 4.78 is 1.11. The number of nitrogens with zero attached hydrogens (tertiary/aromatic N) is 2. The summed E-state index contributed by atoms with van der Waals surface area (Å²) in [6.45, 7) is 4.72. The summed E-state index contributed by atoms with van der Waals surface area (Å²) in [4.78, 5) is 6.84. The van der Waals surface area contributed by atoms with Crippen molar-refractivity contribution >= 4 is 21.7 Å². The molecule has 0 bridgehead atoms. The molecule has 0 aliphatic carbocycles. The Morgan fingerprint density at radius 1 is 1.20 bits per heavy atom. The minimum atomic E-state index is 0.815. The molecule has 0 aliphatic rings. The molecule has 2 aromatic rings. The van der Waals surface area contributed by atoms with Crippen LogP contribution in [-0.4, -0.2) is 18.6 Å². The monoisotopic (exact) mass is 333 g/mol. The van der Waals surface area contributed by atoms with Gasteiger partial charge in [0.2, 0.25) is 0 Å². The van der Waals surface area contributed by atoms with Gasteiger partial charge < -0.3 is 10.2 Å². The molecule has 0 spiro atoms. The molecule has 3 nitrogen and oxygen atoms in total. The largest absolute Gasteiger partial charge is 0.355 e. The van der Waals surface area contributed by atoms with Gasteiger partial charge in [0, 0.05) is 24.6 Å². The number of rotatable bonds is 6. The third-order valence-corrected chi connectivity index (χ3v) is 3.54. The molecule has 20 heavy (non-hydrogen) atoms. The van der Waals surface area contributed by atoms with E-state index in [1.165, 1.54) is 5.56 Å². The Hall–Kier alpha value is -1.39. The first-order chi connectivity index (χ1) is 9.69. The predicted molar refractivity (Wildman–Crippen MR) is 87.9 cm³/mol. The number of hydrogen-bond acceptors (Lipinski definition) is 3. The first-order valence-corrected chi connectivity index (χ1v) is 7.60. The van der Waals surface area contributed by atoms with Crippen molar-refractivity contribution in [1.82, 2.24) is 10.3 Å². The summed E-state index contributed by atoms with van der Waals surface area (Å²) in [5.41, 5.74) is 2.34. The molecule has 4 heteroatoms. The molecule has 0 fully saturated rings. The first kappa shape index (κ1) is 15.0. The second-order valence-corrected chi connectivity index (χ2v) is 5.67. The molecular formula is C16H20BrN3. The highest BCUT2D eigenvalue weighted by Gasteiger charge is 2.05. The second-order valence-electron chi connectivity index (χ2n) is 4.75. The smallest absolute Gasteiger partial charge is 0.128 e. The number of pyridine rings is 1. The molecular weight excluding hydrogens is 314 g/mol. The molecule has 1 aromatic carbocycles. The molecule has 0 atom stereocenters. The molecule has 0 saturated heterocycles. The maximum absolute atomic E-state index is 4.68. The molecule has 0 amide bonds. The third kappa shape index (κ3) is 4.32. The van der Waals surface area contributed by atoms with Crippen LogP contribution < -0.4 is 10.2 Å². The lowest BCUT2D eigenvalue weighted by molar-refractivity contribution is 0.708. The lowest BCUT2D eigenvalue weighted by atomic mass is 10.2. The van der Waals surface area contributed by atoms with E-state index in [-0.39, 0.29) is 0 Å². The summed E-state index contributed by atoms with van der Waals surface area (Å²) in [6, 6.07) is 14.5. The fraction of sp³-hybridized carbons (Fsp3) is 0.312. The van der Waals surface area contributed by atoms with Crippen LogP contribution in [0, 0.1) is 0 Å². The number of hydrogen-bond donors (Lipinski definition) is 1. The van der Waals surface area contributed by atoms with Gasteiger partial charge in [-0.15, -0.1) is 0 Å². The Kier molecular flexibility index (Phi) is 5.56. The van der Waals surface area contributed by atoms with Gasteiger partial charge >= 0.3 is 0 Å². The zero-order chi connectivity index (χ0) is 14.4. The standard InChI is InChI=1S/C16H20BrN3/c1-3-18-11-15-8-5-9-16(19-15)20(2)12-13-6-4-7-14(17)10-13/h4-10,18H,3,11-12H2,1-2H3. The maximum Gasteiger partial charge on any atom is 0.128 e. The Morgan fingerprint density at radius 2 is 2.00 bits per heavy atom. The summed E-state index contributed by atoms with van der Waals surface area (Å²) >= 11 is 3.51. The second kappa shape index (κ2) is 7.41. The minimum absolute atomic E-state index is 0.815. The number of aromatic nitrogens is 1. The van der Waals surface area contributed by atoms with Crippen molar-refractivity contribution in [3.05, 3.63) is 58.2 Å². The highest BCUT2D eigenvalue weighted by atomic mass is 79.9. The van der Waals surface area contributed by atoms with Crippen LogP contribution in [0.15, 0.2) is 46.9 Å². The van der Waals surface area contributed by atoms with Crippen LogP contribution in [0.1, 0.15) is 18.2 Å². The van der Waals surface area contributed by atoms with Gasteiger partial charge in [-0.1, -0.05) is 41.1 Å². The number of benzene rings is 1. The SMILES string of the molecule is CCNCc1cccc(N(C)Cc2cccc(Br)c2)n1. The quantitative estimate of drug-likeness (QED) is 0.875. The maximum atomic E-state index is 4.68. The fourth-order valence-electron chi connectivity index (χ4n) is 2.02. The van der Waals surface area contributed by atoms with Crippen LogP contribution >= 0.6 is 15.9 Å². The molecule has 106 valence electrons. The number of halogens is 1. The predicted octanol–water partition coefficient (Wildman–Crippen LogP) is 3.59. The van der Waals surface area contributed by atoms with Gasteiger partial charge in [0.25, 0.3) is 0 Å². The number of nitrogens with one attached hydrogen (secondary N) is 1. The van der Waals surface area contributed by atoms with Crippen LogP contribution in [0.4, 0.5) is 5.82 Å². The first-order valence-electron chi connectivity index (χ1n) is 6.81. The normalized spacial score (nSPS) is 10.6. The van der Waals surface area contributed by atoms with Crippen LogP contribution in [0.3, 0.4) is 0 Å². The van der Waals surface area contributed by atoms with Crippen molar-refractivity contribution in [2.75, 3.05) is 18.5 Å². The molecule has 0 unspecified atom stereocenters. The van der Waals surface area contributed by atoms with Crippen molar-refractivity contribution in [2.45, 2.75) is 20.0 Å². The van der Waals surface area contributed by atoms with Crippen molar-refractivity contribution in [3.63, 3.8) is 0 Å². The van der Waals surface area contributed by atoms with Crippen LogP contribution in [0.25, 0.3) is 0 Å². The van der Waals surface area contributed by atoms with E-state index in [0.717, 1.165) is 35.6 Å². The molecule has 1 heterocycles. The molecule has 0 saturated carbocycles. The Morgan fingerprint density at radius 3 is 2.75 bits per heavy atom. The lowest BCUT2D eigenvalue weighted by Gasteiger charge is -2.19. The Balaban J connectivity index is 2.06. The minimum Gasteiger partial charge on any atom is -0.355 e. The fourth-order valence-corrected chi connectivity index (χ4v) is 2.47. The van der Waals surface area contributed by atoms with Gasteiger partial charge in [-0.2, -0.15) is 0 Å². The van der Waals surface area contributed by atoms with E-state index < -0.39 is 0 Å². The van der Waals surface area contributed by atoms with E-state index in [0.29, 0.717) is 0 Å². The van der Waals surface area contributed by atoms with Gasteiger partial charge in [-0.3, -0.25) is 0 Å². The summed E-state index contributed by atoms with van der Waals surface area (Å²) in [5.74, 6) is 1.00. The highest BCUT2D eigenvalue weighted by molar-refractivity contribution is 9.10. The Labute approximate surface area is 129 Å². The summed E-state index contributed by atoms with van der Waals surface area (Å²) in [5, 5.41) is 3.30. The van der Waals surface area contributed by atoms with Gasteiger partial charge in [0.15, 0.2) is 0 Å². The van der Waals surface area contributed by atoms with Crippen molar-refractivity contribution in [3.8, 4) is 0 Å². The van der Waals surface area contributed by atoms with E-state index in [2.05, 4.69) is 75.4 Å². The zero-order valence-electron chi connectivity index (χ0n) is 11.9. The van der Waals surface area contributed by atoms with E-state index in [9.17, 15) is 0 Å². The molecule has 1 aromatic heterocycles. The van der Waals surface area contributed by atoms with Crippen molar-refractivity contribution in [2.24, 2.45) is 0 Å². The van der Waals surface area contributed by atoms with E-state index in [4.69, 9.17) is 0 Å². The van der Waals surface area contributed by atoms with Crippen molar-refractivity contribution in [1.29, 1.82) is 0 Å². The van der Waals surface area contributed by atoms with E-state index in [1.54, 1.807) is 0 Å². The van der Waals surface area contributed by atoms with Gasteiger partial charge in [-0.25, -0.2) is 4.98 Å². The van der Waals surface area contributed by atoms with Gasteiger partial charge in [0.05, 0.1) is 5.69 Å². The van der Waals surface area contributed by atoms with Gasteiger partial charge in [0.1, 0.15) is 5.82 Å².